The number of likely N-dealkylation sites (tertiary alicyclic amines) is 1. The van der Waals surface area contributed by atoms with Gasteiger partial charge in [0.15, 0.2) is 0 Å². The van der Waals surface area contributed by atoms with Crippen molar-refractivity contribution in [1.29, 1.82) is 0 Å². The summed E-state index contributed by atoms with van der Waals surface area (Å²) in [5.41, 5.74) is 0.555. The first-order chi connectivity index (χ1) is 10.6. The van der Waals surface area contributed by atoms with Gasteiger partial charge in [0.25, 0.3) is 0 Å². The van der Waals surface area contributed by atoms with Crippen molar-refractivity contribution in [2.45, 2.75) is 36.9 Å². The van der Waals surface area contributed by atoms with Crippen molar-refractivity contribution in [2.75, 3.05) is 7.05 Å². The second kappa shape index (κ2) is 4.56. The fourth-order valence-corrected chi connectivity index (χ4v) is 4.72. The molecule has 3 fully saturated rings. The topological polar surface area (TPSA) is 66.6 Å². The highest BCUT2D eigenvalue weighted by atomic mass is 16.5. The second-order valence-electron chi connectivity index (χ2n) is 6.69. The van der Waals surface area contributed by atoms with Gasteiger partial charge in [-0.25, -0.2) is 4.79 Å². The van der Waals surface area contributed by atoms with Crippen LogP contribution >= 0.6 is 0 Å². The Morgan fingerprint density at radius 1 is 1.32 bits per heavy atom. The quantitative estimate of drug-likeness (QED) is 0.681. The van der Waals surface area contributed by atoms with Gasteiger partial charge in [-0.2, -0.15) is 0 Å². The summed E-state index contributed by atoms with van der Waals surface area (Å²) in [4.78, 5) is 26.2. The Morgan fingerprint density at radius 3 is 2.64 bits per heavy atom. The van der Waals surface area contributed by atoms with Crippen LogP contribution in [0.25, 0.3) is 0 Å². The number of aliphatic carboxylic acids is 1. The molecule has 4 rings (SSSR count). The third-order valence-corrected chi connectivity index (χ3v) is 5.93. The number of esters is 1. The first-order valence-electron chi connectivity index (χ1n) is 7.77. The van der Waals surface area contributed by atoms with E-state index >= 15 is 0 Å². The maximum Gasteiger partial charge on any atom is 0.338 e. The molecule has 22 heavy (non-hydrogen) atoms. The number of carboxylic acid groups (broad SMARTS) is 1. The summed E-state index contributed by atoms with van der Waals surface area (Å²) in [5, 5.41) is 9.61. The maximum atomic E-state index is 12.3. The maximum absolute atomic E-state index is 12.3. The van der Waals surface area contributed by atoms with Crippen molar-refractivity contribution in [2.24, 2.45) is 11.8 Å². The number of hydrogen-bond acceptors (Lipinski definition) is 4. The van der Waals surface area contributed by atoms with Crippen molar-refractivity contribution in [3.63, 3.8) is 0 Å². The molecule has 5 nitrogen and oxygen atoms in total. The van der Waals surface area contributed by atoms with Gasteiger partial charge in [-0.05, 0) is 44.4 Å². The van der Waals surface area contributed by atoms with Crippen LogP contribution in [0.15, 0.2) is 30.3 Å². The summed E-state index contributed by atoms with van der Waals surface area (Å²) in [6.07, 6.45) is 2.31. The number of likely N-dealkylation sites (N-methyl/N-ethyl adjacent to an activating group) is 1. The zero-order valence-corrected chi connectivity index (χ0v) is 12.4. The zero-order valence-electron chi connectivity index (χ0n) is 12.4. The van der Waals surface area contributed by atoms with E-state index in [0.29, 0.717) is 17.9 Å². The van der Waals surface area contributed by atoms with Crippen molar-refractivity contribution in [3.05, 3.63) is 35.9 Å². The van der Waals surface area contributed by atoms with Gasteiger partial charge in [0.05, 0.1) is 5.56 Å². The van der Waals surface area contributed by atoms with Gasteiger partial charge in [-0.3, -0.25) is 9.69 Å². The summed E-state index contributed by atoms with van der Waals surface area (Å²) < 4.78 is 5.60. The van der Waals surface area contributed by atoms with E-state index in [1.54, 1.807) is 24.3 Å². The Labute approximate surface area is 128 Å². The largest absolute Gasteiger partial charge is 0.481 e. The van der Waals surface area contributed by atoms with E-state index < -0.39 is 24.0 Å². The molecule has 1 heterocycles. The number of rotatable bonds is 3. The number of benzene rings is 1. The third kappa shape index (κ3) is 1.69. The third-order valence-electron chi connectivity index (χ3n) is 5.93. The minimum atomic E-state index is -0.857. The lowest BCUT2D eigenvalue weighted by molar-refractivity contribution is -0.148. The Hall–Kier alpha value is -1.88. The van der Waals surface area contributed by atoms with Crippen molar-refractivity contribution >= 4 is 11.9 Å². The van der Waals surface area contributed by atoms with E-state index in [1.165, 1.54) is 0 Å². The van der Waals surface area contributed by atoms with Crippen molar-refractivity contribution in [1.82, 2.24) is 4.90 Å². The van der Waals surface area contributed by atoms with Gasteiger partial charge in [-0.1, -0.05) is 18.2 Å². The molecule has 1 saturated heterocycles. The summed E-state index contributed by atoms with van der Waals surface area (Å²) in [6, 6.07) is 8.79. The van der Waals surface area contributed by atoms with Crippen LogP contribution in [0.2, 0.25) is 0 Å². The molecule has 1 spiro atoms. The molecule has 4 unspecified atom stereocenters. The van der Waals surface area contributed by atoms with E-state index in [-0.39, 0.29) is 11.6 Å². The zero-order chi connectivity index (χ0) is 15.5. The first-order valence-corrected chi connectivity index (χ1v) is 7.77. The van der Waals surface area contributed by atoms with Crippen LogP contribution in [0.4, 0.5) is 0 Å². The molecule has 2 saturated carbocycles. The molecule has 0 bridgehead atoms. The highest BCUT2D eigenvalue weighted by Gasteiger charge is 2.76. The number of carbonyl (C=O) groups excluding carboxylic acids is 1. The van der Waals surface area contributed by atoms with Crippen LogP contribution < -0.4 is 0 Å². The van der Waals surface area contributed by atoms with Crippen LogP contribution in [-0.4, -0.2) is 46.7 Å². The molecule has 1 N–H and O–H groups in total. The molecule has 116 valence electrons. The number of ether oxygens (including phenoxy) is 1. The lowest BCUT2D eigenvalue weighted by Crippen LogP contribution is -2.52. The van der Waals surface area contributed by atoms with Gasteiger partial charge in [0.1, 0.15) is 12.0 Å². The molecule has 6 atom stereocenters. The predicted octanol–water partition coefficient (Wildman–Crippen LogP) is 1.78. The fraction of sp³-hybridized carbons (Fsp3) is 0.529. The summed E-state index contributed by atoms with van der Waals surface area (Å²) >= 11 is 0. The molecule has 1 aliphatic heterocycles. The molecular formula is C17H19NO4. The molecule has 0 aromatic heterocycles. The Bertz CT molecular complexity index is 631. The Balaban J connectivity index is 1.56. The van der Waals surface area contributed by atoms with Crippen LogP contribution in [-0.2, 0) is 9.53 Å². The molecule has 0 amide bonds. The normalized spacial score (nSPS) is 41.6. The highest BCUT2D eigenvalue weighted by Crippen LogP contribution is 2.65. The standard InChI is InChI=1S/C17H19NO4/c1-18-14-13(15(19)20)12(9-11-7-8-17(11,14)18)22-16(21)10-5-3-2-4-6-10/h2-6,11-14H,7-9H2,1H3,(H,19,20)/t11-,12?,13?,14?,17-,18?/m1/s1. The molecule has 3 aliphatic rings. The molecular weight excluding hydrogens is 282 g/mol. The van der Waals surface area contributed by atoms with Gasteiger partial charge in [0, 0.05) is 11.6 Å². The molecule has 0 radical (unpaired) electrons. The number of nitrogens with zero attached hydrogens (tertiary/aromatic N) is 1. The molecule has 5 heteroatoms. The van der Waals surface area contributed by atoms with E-state index in [0.717, 1.165) is 12.8 Å². The minimum absolute atomic E-state index is 0.0195. The monoisotopic (exact) mass is 301 g/mol. The van der Waals surface area contributed by atoms with Crippen LogP contribution in [0.5, 0.6) is 0 Å². The van der Waals surface area contributed by atoms with E-state index in [1.807, 2.05) is 13.1 Å². The van der Waals surface area contributed by atoms with E-state index in [9.17, 15) is 14.7 Å². The number of hydrogen-bond donors (Lipinski definition) is 1. The first kappa shape index (κ1) is 13.8. The highest BCUT2D eigenvalue weighted by molar-refractivity contribution is 5.89. The van der Waals surface area contributed by atoms with Crippen molar-refractivity contribution in [3.8, 4) is 0 Å². The SMILES string of the molecule is CN1C2C(C(=O)O)C(OC(=O)c3ccccc3)C[C@H]3CC[C@]231. The number of carbonyl (C=O) groups is 2. The van der Waals surface area contributed by atoms with Gasteiger partial charge in [0.2, 0.25) is 0 Å². The van der Waals surface area contributed by atoms with E-state index in [2.05, 4.69) is 4.90 Å². The van der Waals surface area contributed by atoms with Gasteiger partial charge >= 0.3 is 11.9 Å². The smallest absolute Gasteiger partial charge is 0.338 e. The summed E-state index contributed by atoms with van der Waals surface area (Å²) in [6.45, 7) is 0. The second-order valence-corrected chi connectivity index (χ2v) is 6.69. The van der Waals surface area contributed by atoms with Crippen molar-refractivity contribution < 1.29 is 19.4 Å². The van der Waals surface area contributed by atoms with Gasteiger partial charge in [-0.15, -0.1) is 0 Å². The minimum Gasteiger partial charge on any atom is -0.481 e. The molecule has 1 aromatic carbocycles. The Morgan fingerprint density at radius 2 is 2.05 bits per heavy atom. The fourth-order valence-electron chi connectivity index (χ4n) is 4.72. The average Bonchev–Trinajstić information content (AvgIpc) is 3.11. The average molecular weight is 301 g/mol. The van der Waals surface area contributed by atoms with Crippen LogP contribution in [0.1, 0.15) is 29.6 Å². The Kier molecular flexibility index (Phi) is 2.85. The summed E-state index contributed by atoms with van der Waals surface area (Å²) in [7, 11) is 1.99. The lowest BCUT2D eigenvalue weighted by atomic mass is 9.61. The molecule has 1 aromatic rings. The van der Waals surface area contributed by atoms with Gasteiger partial charge < -0.3 is 9.84 Å². The van der Waals surface area contributed by atoms with E-state index in [4.69, 9.17) is 4.74 Å². The van der Waals surface area contributed by atoms with Crippen LogP contribution in [0.3, 0.4) is 0 Å². The number of carboxylic acids is 1. The van der Waals surface area contributed by atoms with Crippen LogP contribution in [0, 0.1) is 11.8 Å². The lowest BCUT2D eigenvalue weighted by Gasteiger charge is -2.44. The molecule has 2 aliphatic carbocycles. The predicted molar refractivity (Wildman–Crippen MR) is 78.4 cm³/mol. The summed E-state index contributed by atoms with van der Waals surface area (Å²) in [5.74, 6) is -1.43.